The standard InChI is InChI=1S/C29H31Cl2FN4O3/c1-4-28(38,18-9-11-35(2)12-10-18)20-13-23-26(24(32)14-20)29(39-3,19-5-7-21(30)8-6-19)36(27(23)37)17-25-33-15-22(31)16-34-25/h5-8,13-16,18,38H,4,9-12,17H2,1-3H3/t28-,29-/m1/s1. The van der Waals surface area contributed by atoms with Crippen molar-refractivity contribution in [3.8, 4) is 0 Å². The molecular formula is C29H31Cl2FN4O3. The Morgan fingerprint density at radius 1 is 1.13 bits per heavy atom. The largest absolute Gasteiger partial charge is 0.385 e. The molecule has 1 fully saturated rings. The first-order chi connectivity index (χ1) is 18.6. The number of methoxy groups -OCH3 is 1. The Labute approximate surface area is 237 Å². The molecule has 3 heterocycles. The first-order valence-corrected chi connectivity index (χ1v) is 13.7. The van der Waals surface area contributed by atoms with E-state index in [-0.39, 0.29) is 23.6 Å². The van der Waals surface area contributed by atoms with Crippen molar-refractivity contribution in [1.82, 2.24) is 19.8 Å². The molecule has 0 unspecified atom stereocenters. The Bertz CT molecular complexity index is 1370. The summed E-state index contributed by atoms with van der Waals surface area (Å²) in [6.45, 7) is 3.51. The number of carbonyl (C=O) groups is 1. The van der Waals surface area contributed by atoms with Crippen LogP contribution in [0.3, 0.4) is 0 Å². The number of rotatable bonds is 7. The van der Waals surface area contributed by atoms with Gasteiger partial charge in [0.1, 0.15) is 11.6 Å². The van der Waals surface area contributed by atoms with Gasteiger partial charge in [-0.2, -0.15) is 0 Å². The van der Waals surface area contributed by atoms with Crippen LogP contribution in [0.2, 0.25) is 10.0 Å². The molecule has 2 aliphatic heterocycles. The maximum absolute atomic E-state index is 16.4. The van der Waals surface area contributed by atoms with E-state index in [1.807, 2.05) is 6.92 Å². The van der Waals surface area contributed by atoms with Crippen molar-refractivity contribution in [3.05, 3.63) is 92.7 Å². The number of hydrogen-bond donors (Lipinski definition) is 1. The van der Waals surface area contributed by atoms with Crippen LogP contribution in [-0.4, -0.2) is 58.0 Å². The van der Waals surface area contributed by atoms with Crippen molar-refractivity contribution in [1.29, 1.82) is 0 Å². The van der Waals surface area contributed by atoms with Gasteiger partial charge in [-0.25, -0.2) is 14.4 Å². The van der Waals surface area contributed by atoms with Crippen molar-refractivity contribution < 1.29 is 19.0 Å². The Balaban J connectivity index is 1.67. The van der Waals surface area contributed by atoms with E-state index in [0.717, 1.165) is 25.9 Å². The summed E-state index contributed by atoms with van der Waals surface area (Å²) >= 11 is 12.1. The number of carbonyl (C=O) groups excluding carboxylic acids is 1. The van der Waals surface area contributed by atoms with Crippen LogP contribution in [0.4, 0.5) is 4.39 Å². The average molecular weight is 573 g/mol. The molecule has 1 amide bonds. The van der Waals surface area contributed by atoms with Gasteiger partial charge in [-0.15, -0.1) is 0 Å². The topological polar surface area (TPSA) is 78.8 Å². The molecule has 206 valence electrons. The van der Waals surface area contributed by atoms with Gasteiger partial charge in [0.2, 0.25) is 0 Å². The summed E-state index contributed by atoms with van der Waals surface area (Å²) in [5.74, 6) is -0.836. The van der Waals surface area contributed by atoms with E-state index >= 15 is 4.39 Å². The first-order valence-electron chi connectivity index (χ1n) is 13.0. The van der Waals surface area contributed by atoms with Gasteiger partial charge in [0.25, 0.3) is 5.91 Å². The summed E-state index contributed by atoms with van der Waals surface area (Å²) in [5.41, 5.74) is -1.76. The predicted octanol–water partition coefficient (Wildman–Crippen LogP) is 5.37. The number of benzene rings is 2. The van der Waals surface area contributed by atoms with Gasteiger partial charge < -0.3 is 14.7 Å². The molecule has 0 bridgehead atoms. The average Bonchev–Trinajstić information content (AvgIpc) is 3.18. The molecule has 2 atom stereocenters. The zero-order chi connectivity index (χ0) is 27.9. The zero-order valence-corrected chi connectivity index (χ0v) is 23.6. The highest BCUT2D eigenvalue weighted by molar-refractivity contribution is 6.30. The zero-order valence-electron chi connectivity index (χ0n) is 22.1. The fourth-order valence-electron chi connectivity index (χ4n) is 6.06. The number of nitrogens with zero attached hydrogens (tertiary/aromatic N) is 4. The van der Waals surface area contributed by atoms with Crippen molar-refractivity contribution in [2.24, 2.45) is 5.92 Å². The van der Waals surface area contributed by atoms with E-state index < -0.39 is 23.1 Å². The van der Waals surface area contributed by atoms with Gasteiger partial charge in [0.15, 0.2) is 5.72 Å². The second-order valence-corrected chi connectivity index (χ2v) is 11.2. The number of likely N-dealkylation sites (tertiary alicyclic amines) is 1. The van der Waals surface area contributed by atoms with E-state index in [2.05, 4.69) is 21.9 Å². The van der Waals surface area contributed by atoms with Crippen molar-refractivity contribution in [2.45, 2.75) is 44.1 Å². The van der Waals surface area contributed by atoms with E-state index in [0.29, 0.717) is 33.4 Å². The number of aromatic nitrogens is 2. The van der Waals surface area contributed by atoms with Crippen molar-refractivity contribution in [3.63, 3.8) is 0 Å². The molecular weight excluding hydrogens is 542 g/mol. The molecule has 5 rings (SSSR count). The monoisotopic (exact) mass is 572 g/mol. The molecule has 0 spiro atoms. The Hall–Kier alpha value is -2.62. The van der Waals surface area contributed by atoms with Crippen LogP contribution in [0, 0.1) is 11.7 Å². The fraction of sp³-hybridized carbons (Fsp3) is 0.414. The van der Waals surface area contributed by atoms with E-state index in [1.54, 1.807) is 30.3 Å². The van der Waals surface area contributed by atoms with Crippen LogP contribution >= 0.6 is 23.2 Å². The quantitative estimate of drug-likeness (QED) is 0.410. The van der Waals surface area contributed by atoms with Gasteiger partial charge in [-0.1, -0.05) is 42.3 Å². The Morgan fingerprint density at radius 3 is 2.36 bits per heavy atom. The summed E-state index contributed by atoms with van der Waals surface area (Å²) in [6.07, 6.45) is 4.83. The van der Waals surface area contributed by atoms with Gasteiger partial charge in [-0.05, 0) is 75.1 Å². The SMILES string of the molecule is CC[C@](O)(c1cc(F)c2c(c1)C(=O)N(Cc1ncc(Cl)cn1)[C@@]2(OC)c1ccc(Cl)cc1)C1CCN(C)CC1. The smallest absolute Gasteiger partial charge is 0.257 e. The molecule has 0 aliphatic carbocycles. The van der Waals surface area contributed by atoms with Gasteiger partial charge in [-0.3, -0.25) is 9.69 Å². The summed E-state index contributed by atoms with van der Waals surface area (Å²) in [7, 11) is 3.48. The summed E-state index contributed by atoms with van der Waals surface area (Å²) in [6, 6.07) is 9.74. The molecule has 39 heavy (non-hydrogen) atoms. The number of hydrogen-bond acceptors (Lipinski definition) is 6. The number of halogens is 3. The Kier molecular flexibility index (Phi) is 7.70. The van der Waals surface area contributed by atoms with Gasteiger partial charge in [0, 0.05) is 30.1 Å². The lowest BCUT2D eigenvalue weighted by molar-refractivity contribution is -0.0891. The third kappa shape index (κ3) is 4.72. The minimum atomic E-state index is -1.61. The van der Waals surface area contributed by atoms with Gasteiger partial charge in [0.05, 0.1) is 28.3 Å². The molecule has 10 heteroatoms. The first kappa shape index (κ1) is 27.9. The summed E-state index contributed by atoms with van der Waals surface area (Å²) < 4.78 is 22.4. The minimum Gasteiger partial charge on any atom is -0.385 e. The second-order valence-electron chi connectivity index (χ2n) is 10.3. The van der Waals surface area contributed by atoms with Crippen molar-refractivity contribution in [2.75, 3.05) is 27.2 Å². The third-order valence-corrected chi connectivity index (χ3v) is 8.67. The van der Waals surface area contributed by atoms with E-state index in [1.165, 1.54) is 30.5 Å². The maximum atomic E-state index is 16.4. The van der Waals surface area contributed by atoms with Crippen LogP contribution in [-0.2, 0) is 22.6 Å². The third-order valence-electron chi connectivity index (χ3n) is 8.22. The molecule has 2 aliphatic rings. The van der Waals surface area contributed by atoms with Gasteiger partial charge >= 0.3 is 0 Å². The lowest BCUT2D eigenvalue weighted by Crippen LogP contribution is -2.46. The van der Waals surface area contributed by atoms with Crippen LogP contribution < -0.4 is 0 Å². The summed E-state index contributed by atoms with van der Waals surface area (Å²) in [4.78, 5) is 26.2. The highest BCUT2D eigenvalue weighted by Gasteiger charge is 2.54. The maximum Gasteiger partial charge on any atom is 0.257 e. The molecule has 1 N–H and O–H groups in total. The van der Waals surface area contributed by atoms with Crippen LogP contribution in [0.25, 0.3) is 0 Å². The highest BCUT2D eigenvalue weighted by atomic mass is 35.5. The molecule has 7 nitrogen and oxygen atoms in total. The lowest BCUT2D eigenvalue weighted by atomic mass is 9.73. The number of ether oxygens (including phenoxy) is 1. The molecule has 2 aromatic carbocycles. The predicted molar refractivity (Wildman–Crippen MR) is 147 cm³/mol. The number of aliphatic hydroxyl groups is 1. The van der Waals surface area contributed by atoms with E-state index in [4.69, 9.17) is 27.9 Å². The van der Waals surface area contributed by atoms with Crippen LogP contribution in [0.5, 0.6) is 0 Å². The molecule has 3 aromatic rings. The number of piperidine rings is 1. The second kappa shape index (κ2) is 10.7. The normalized spacial score (nSPS) is 21.7. The molecule has 0 saturated carbocycles. The van der Waals surface area contributed by atoms with Crippen LogP contribution in [0.1, 0.15) is 59.1 Å². The fourth-order valence-corrected chi connectivity index (χ4v) is 6.28. The number of amides is 1. The van der Waals surface area contributed by atoms with E-state index in [9.17, 15) is 9.90 Å². The van der Waals surface area contributed by atoms with Crippen LogP contribution in [0.15, 0.2) is 48.8 Å². The summed E-state index contributed by atoms with van der Waals surface area (Å²) in [5, 5.41) is 12.8. The minimum absolute atomic E-state index is 0.0605. The molecule has 0 radical (unpaired) electrons. The lowest BCUT2D eigenvalue weighted by Gasteiger charge is -2.41. The Morgan fingerprint density at radius 2 is 1.77 bits per heavy atom. The molecule has 1 saturated heterocycles. The molecule has 1 aromatic heterocycles. The highest BCUT2D eigenvalue weighted by Crippen LogP contribution is 2.49. The van der Waals surface area contributed by atoms with Crippen molar-refractivity contribution >= 4 is 29.1 Å². The number of fused-ring (bicyclic) bond motifs is 1.